The number of carbonyl (C=O) groups excluding carboxylic acids is 2. The minimum atomic E-state index is -0.284. The summed E-state index contributed by atoms with van der Waals surface area (Å²) < 4.78 is 16.9. The van der Waals surface area contributed by atoms with Crippen molar-refractivity contribution in [1.29, 1.82) is 0 Å². The summed E-state index contributed by atoms with van der Waals surface area (Å²) >= 11 is 0. The standard InChI is InChI=1S/C28H33NO5/c1-5-33-25-11-8-19(14-26(25)32-4)22-15-27(31)29-23-12-20(13-24(30)28(22)23)18-6-9-21(10-7-18)34-16-17(2)3/h6-11,14,17,20,22H,5,12-13,15-16H2,1-4H3,(H,29,31). The number of nitrogens with one attached hydrogen (secondary N) is 1. The smallest absolute Gasteiger partial charge is 0.225 e. The first-order chi connectivity index (χ1) is 16.4. The highest BCUT2D eigenvalue weighted by molar-refractivity contribution is 6.02. The molecule has 1 amide bonds. The molecule has 1 aliphatic heterocycles. The van der Waals surface area contributed by atoms with Crippen molar-refractivity contribution in [2.24, 2.45) is 5.92 Å². The lowest BCUT2D eigenvalue weighted by Gasteiger charge is -2.34. The molecule has 2 aliphatic rings. The number of ether oxygens (including phenoxy) is 3. The lowest BCUT2D eigenvalue weighted by atomic mass is 9.73. The fourth-order valence-electron chi connectivity index (χ4n) is 4.76. The topological polar surface area (TPSA) is 73.9 Å². The van der Waals surface area contributed by atoms with Crippen LogP contribution in [0.2, 0.25) is 0 Å². The first kappa shape index (κ1) is 23.9. The van der Waals surface area contributed by atoms with Gasteiger partial charge in [0, 0.05) is 30.0 Å². The summed E-state index contributed by atoms with van der Waals surface area (Å²) in [6.45, 7) is 7.34. The van der Waals surface area contributed by atoms with E-state index in [2.05, 4.69) is 19.2 Å². The molecule has 0 fully saturated rings. The van der Waals surface area contributed by atoms with Gasteiger partial charge in [0.1, 0.15) is 5.75 Å². The van der Waals surface area contributed by atoms with Crippen LogP contribution < -0.4 is 19.5 Å². The van der Waals surface area contributed by atoms with Crippen molar-refractivity contribution in [3.05, 3.63) is 64.9 Å². The molecule has 0 radical (unpaired) electrons. The van der Waals surface area contributed by atoms with Crippen molar-refractivity contribution in [1.82, 2.24) is 5.32 Å². The molecule has 0 saturated heterocycles. The Bertz CT molecular complexity index is 1090. The zero-order chi connectivity index (χ0) is 24.2. The lowest BCUT2D eigenvalue weighted by Crippen LogP contribution is -2.38. The number of rotatable bonds is 8. The second kappa shape index (κ2) is 10.3. The molecule has 0 bridgehead atoms. The van der Waals surface area contributed by atoms with Crippen molar-refractivity contribution < 1.29 is 23.8 Å². The number of methoxy groups -OCH3 is 1. The van der Waals surface area contributed by atoms with Crippen LogP contribution in [-0.2, 0) is 9.59 Å². The Morgan fingerprint density at radius 3 is 2.35 bits per heavy atom. The molecule has 1 heterocycles. The summed E-state index contributed by atoms with van der Waals surface area (Å²) in [4.78, 5) is 26.0. The number of Topliss-reactive ketones (excluding diaryl/α,β-unsaturated/α-hetero) is 1. The summed E-state index contributed by atoms with van der Waals surface area (Å²) in [5, 5.41) is 2.99. The zero-order valence-corrected chi connectivity index (χ0v) is 20.4. The summed E-state index contributed by atoms with van der Waals surface area (Å²) in [6, 6.07) is 13.6. The van der Waals surface area contributed by atoms with Crippen LogP contribution in [0.25, 0.3) is 0 Å². The van der Waals surface area contributed by atoms with Crippen LogP contribution in [0.1, 0.15) is 63.0 Å². The van der Waals surface area contributed by atoms with Crippen LogP contribution in [0.5, 0.6) is 17.2 Å². The number of benzene rings is 2. The van der Waals surface area contributed by atoms with E-state index in [0.717, 1.165) is 28.1 Å². The Morgan fingerprint density at radius 2 is 1.68 bits per heavy atom. The van der Waals surface area contributed by atoms with Gasteiger partial charge in [-0.2, -0.15) is 0 Å². The molecule has 2 aromatic carbocycles. The van der Waals surface area contributed by atoms with E-state index >= 15 is 0 Å². The van der Waals surface area contributed by atoms with Crippen molar-refractivity contribution in [3.8, 4) is 17.2 Å². The molecule has 6 nitrogen and oxygen atoms in total. The minimum absolute atomic E-state index is 0.0271. The van der Waals surface area contributed by atoms with Crippen LogP contribution in [0.4, 0.5) is 0 Å². The maximum Gasteiger partial charge on any atom is 0.225 e. The Hall–Kier alpha value is -3.28. The highest BCUT2D eigenvalue weighted by Gasteiger charge is 2.38. The molecule has 0 aromatic heterocycles. The van der Waals surface area contributed by atoms with E-state index in [1.807, 2.05) is 49.4 Å². The lowest BCUT2D eigenvalue weighted by molar-refractivity contribution is -0.122. The van der Waals surface area contributed by atoms with E-state index < -0.39 is 0 Å². The number of amides is 1. The summed E-state index contributed by atoms with van der Waals surface area (Å²) in [6.07, 6.45) is 1.30. The van der Waals surface area contributed by atoms with Gasteiger partial charge in [-0.05, 0) is 60.6 Å². The van der Waals surface area contributed by atoms with Gasteiger partial charge < -0.3 is 19.5 Å². The number of ketones is 1. The van der Waals surface area contributed by atoms with Crippen LogP contribution in [0.15, 0.2) is 53.7 Å². The average molecular weight is 464 g/mol. The predicted octanol–water partition coefficient (Wildman–Crippen LogP) is 5.13. The molecule has 4 rings (SSSR count). The first-order valence-electron chi connectivity index (χ1n) is 12.0. The van der Waals surface area contributed by atoms with E-state index in [1.165, 1.54) is 0 Å². The molecular weight excluding hydrogens is 430 g/mol. The second-order valence-corrected chi connectivity index (χ2v) is 9.34. The maximum atomic E-state index is 13.4. The summed E-state index contributed by atoms with van der Waals surface area (Å²) in [5.41, 5.74) is 3.44. The third-order valence-corrected chi connectivity index (χ3v) is 6.36. The van der Waals surface area contributed by atoms with Gasteiger partial charge in [-0.25, -0.2) is 0 Å². The van der Waals surface area contributed by atoms with Gasteiger partial charge in [0.25, 0.3) is 0 Å². The Kier molecular flexibility index (Phi) is 7.25. The van der Waals surface area contributed by atoms with E-state index in [4.69, 9.17) is 14.2 Å². The molecule has 1 N–H and O–H groups in total. The number of allylic oxidation sites excluding steroid dienone is 2. The van der Waals surface area contributed by atoms with Crippen LogP contribution in [-0.4, -0.2) is 32.0 Å². The van der Waals surface area contributed by atoms with Gasteiger partial charge in [0.15, 0.2) is 17.3 Å². The van der Waals surface area contributed by atoms with Gasteiger partial charge in [-0.3, -0.25) is 9.59 Å². The average Bonchev–Trinajstić information content (AvgIpc) is 2.82. The molecule has 2 aromatic rings. The van der Waals surface area contributed by atoms with Gasteiger partial charge in [-0.15, -0.1) is 0 Å². The largest absolute Gasteiger partial charge is 0.493 e. The fraction of sp³-hybridized carbons (Fsp3) is 0.429. The molecular formula is C28H33NO5. The van der Waals surface area contributed by atoms with E-state index in [1.54, 1.807) is 7.11 Å². The van der Waals surface area contributed by atoms with Crippen LogP contribution >= 0.6 is 0 Å². The SMILES string of the molecule is CCOc1ccc(C2CC(=O)NC3=C2C(=O)CC(c2ccc(OCC(C)C)cc2)C3)cc1OC. The Morgan fingerprint density at radius 1 is 0.941 bits per heavy atom. The molecule has 0 spiro atoms. The van der Waals surface area contributed by atoms with Crippen molar-refractivity contribution in [2.45, 2.75) is 51.9 Å². The van der Waals surface area contributed by atoms with Gasteiger partial charge in [-0.1, -0.05) is 32.0 Å². The third kappa shape index (κ3) is 5.11. The molecule has 2 atom stereocenters. The normalized spacial score (nSPS) is 20.1. The molecule has 180 valence electrons. The van der Waals surface area contributed by atoms with E-state index in [9.17, 15) is 9.59 Å². The van der Waals surface area contributed by atoms with Crippen molar-refractivity contribution >= 4 is 11.7 Å². The third-order valence-electron chi connectivity index (χ3n) is 6.36. The van der Waals surface area contributed by atoms with Crippen LogP contribution in [0, 0.1) is 5.92 Å². The Balaban J connectivity index is 1.59. The Labute approximate surface area is 201 Å². The maximum absolute atomic E-state index is 13.4. The van der Waals surface area contributed by atoms with Crippen molar-refractivity contribution in [3.63, 3.8) is 0 Å². The summed E-state index contributed by atoms with van der Waals surface area (Å²) in [5.74, 6) is 2.31. The van der Waals surface area contributed by atoms with Gasteiger partial charge >= 0.3 is 0 Å². The van der Waals surface area contributed by atoms with Crippen molar-refractivity contribution in [2.75, 3.05) is 20.3 Å². The molecule has 34 heavy (non-hydrogen) atoms. The monoisotopic (exact) mass is 463 g/mol. The quantitative estimate of drug-likeness (QED) is 0.587. The van der Waals surface area contributed by atoms with E-state index in [-0.39, 0.29) is 29.9 Å². The first-order valence-corrected chi connectivity index (χ1v) is 12.0. The molecule has 2 unspecified atom stereocenters. The highest BCUT2D eigenvalue weighted by atomic mass is 16.5. The number of carbonyl (C=O) groups is 2. The number of hydrogen-bond acceptors (Lipinski definition) is 5. The summed E-state index contributed by atoms with van der Waals surface area (Å²) in [7, 11) is 1.59. The number of hydrogen-bond donors (Lipinski definition) is 1. The fourth-order valence-corrected chi connectivity index (χ4v) is 4.76. The molecule has 1 aliphatic carbocycles. The van der Waals surface area contributed by atoms with Gasteiger partial charge in [0.2, 0.25) is 5.91 Å². The second-order valence-electron chi connectivity index (χ2n) is 9.34. The molecule has 6 heteroatoms. The highest BCUT2D eigenvalue weighted by Crippen LogP contribution is 2.44. The van der Waals surface area contributed by atoms with Gasteiger partial charge in [0.05, 0.1) is 20.3 Å². The predicted molar refractivity (Wildman–Crippen MR) is 130 cm³/mol. The minimum Gasteiger partial charge on any atom is -0.493 e. The molecule has 0 saturated carbocycles. The van der Waals surface area contributed by atoms with E-state index in [0.29, 0.717) is 43.5 Å². The zero-order valence-electron chi connectivity index (χ0n) is 20.4. The van der Waals surface area contributed by atoms with Crippen LogP contribution in [0.3, 0.4) is 0 Å².